The van der Waals surface area contributed by atoms with Crippen molar-refractivity contribution in [1.29, 1.82) is 0 Å². The second-order valence-electron chi connectivity index (χ2n) is 3.89. The van der Waals surface area contributed by atoms with Crippen LogP contribution in [-0.2, 0) is 11.3 Å². The van der Waals surface area contributed by atoms with E-state index in [0.717, 1.165) is 38.2 Å². The molecule has 0 bridgehead atoms. The standard InChI is InChI=1S/C11H21N3O/c1-10(2)15-8-4-3-6-12-9-11-5-7-13-14-11/h5,7,10,12H,3-4,6,8-9H2,1-2H3,(H,13,14). The summed E-state index contributed by atoms with van der Waals surface area (Å²) in [7, 11) is 0. The zero-order valence-electron chi connectivity index (χ0n) is 9.62. The van der Waals surface area contributed by atoms with Crippen LogP contribution >= 0.6 is 0 Å². The van der Waals surface area contributed by atoms with Crippen LogP contribution in [0.5, 0.6) is 0 Å². The number of nitrogens with zero attached hydrogens (tertiary/aromatic N) is 1. The zero-order chi connectivity index (χ0) is 10.9. The first-order chi connectivity index (χ1) is 7.29. The van der Waals surface area contributed by atoms with Gasteiger partial charge in [-0.15, -0.1) is 0 Å². The Labute approximate surface area is 91.4 Å². The Bertz CT molecular complexity index is 234. The van der Waals surface area contributed by atoms with Crippen molar-refractivity contribution in [2.24, 2.45) is 0 Å². The Morgan fingerprint density at radius 1 is 1.47 bits per heavy atom. The maximum Gasteiger partial charge on any atom is 0.0518 e. The number of rotatable bonds is 8. The molecule has 0 spiro atoms. The van der Waals surface area contributed by atoms with Crippen LogP contribution in [0, 0.1) is 0 Å². The van der Waals surface area contributed by atoms with Crippen molar-refractivity contribution in [3.05, 3.63) is 18.0 Å². The van der Waals surface area contributed by atoms with Crippen LogP contribution in [0.25, 0.3) is 0 Å². The lowest BCUT2D eigenvalue weighted by atomic mass is 10.3. The SMILES string of the molecule is CC(C)OCCCCNCc1ccn[nH]1. The Morgan fingerprint density at radius 2 is 2.33 bits per heavy atom. The molecule has 4 nitrogen and oxygen atoms in total. The third-order valence-electron chi connectivity index (χ3n) is 2.07. The molecule has 0 aromatic carbocycles. The fourth-order valence-corrected chi connectivity index (χ4v) is 1.28. The van der Waals surface area contributed by atoms with Crippen LogP contribution in [0.2, 0.25) is 0 Å². The molecular formula is C11H21N3O. The Morgan fingerprint density at radius 3 is 3.00 bits per heavy atom. The third kappa shape index (κ3) is 6.25. The quantitative estimate of drug-likeness (QED) is 0.643. The van der Waals surface area contributed by atoms with E-state index >= 15 is 0 Å². The number of aromatic nitrogens is 2. The zero-order valence-corrected chi connectivity index (χ0v) is 9.62. The molecule has 2 N–H and O–H groups in total. The summed E-state index contributed by atoms with van der Waals surface area (Å²) in [6, 6.07) is 1.98. The average Bonchev–Trinajstić information content (AvgIpc) is 2.68. The number of aromatic amines is 1. The van der Waals surface area contributed by atoms with Crippen molar-refractivity contribution >= 4 is 0 Å². The third-order valence-corrected chi connectivity index (χ3v) is 2.07. The fourth-order valence-electron chi connectivity index (χ4n) is 1.28. The summed E-state index contributed by atoms with van der Waals surface area (Å²) in [5.74, 6) is 0. The topological polar surface area (TPSA) is 49.9 Å². The molecule has 1 heterocycles. The van der Waals surface area contributed by atoms with Gasteiger partial charge in [-0.3, -0.25) is 5.10 Å². The lowest BCUT2D eigenvalue weighted by Gasteiger charge is -2.07. The smallest absolute Gasteiger partial charge is 0.0518 e. The summed E-state index contributed by atoms with van der Waals surface area (Å²) in [5.41, 5.74) is 1.13. The van der Waals surface area contributed by atoms with Crippen LogP contribution in [-0.4, -0.2) is 29.5 Å². The van der Waals surface area contributed by atoms with Crippen LogP contribution in [0.3, 0.4) is 0 Å². The molecule has 0 aliphatic heterocycles. The molecule has 1 rings (SSSR count). The first-order valence-corrected chi connectivity index (χ1v) is 5.59. The number of H-pyrrole nitrogens is 1. The van der Waals surface area contributed by atoms with Gasteiger partial charge in [-0.1, -0.05) is 0 Å². The number of unbranched alkanes of at least 4 members (excludes halogenated alkanes) is 1. The highest BCUT2D eigenvalue weighted by molar-refractivity contribution is 4.96. The molecule has 0 fully saturated rings. The molecule has 0 atom stereocenters. The van der Waals surface area contributed by atoms with Gasteiger partial charge < -0.3 is 10.1 Å². The number of nitrogens with one attached hydrogen (secondary N) is 2. The molecular weight excluding hydrogens is 190 g/mol. The van der Waals surface area contributed by atoms with Gasteiger partial charge in [0.25, 0.3) is 0 Å². The van der Waals surface area contributed by atoms with Crippen molar-refractivity contribution in [2.45, 2.75) is 39.3 Å². The number of hydrogen-bond donors (Lipinski definition) is 2. The first kappa shape index (κ1) is 12.2. The highest BCUT2D eigenvalue weighted by atomic mass is 16.5. The van der Waals surface area contributed by atoms with Crippen molar-refractivity contribution in [2.75, 3.05) is 13.2 Å². The molecule has 4 heteroatoms. The fraction of sp³-hybridized carbons (Fsp3) is 0.727. The van der Waals surface area contributed by atoms with Gasteiger partial charge in [-0.2, -0.15) is 5.10 Å². The molecule has 0 saturated carbocycles. The summed E-state index contributed by atoms with van der Waals surface area (Å²) in [6.45, 7) is 6.89. The minimum Gasteiger partial charge on any atom is -0.379 e. The lowest BCUT2D eigenvalue weighted by molar-refractivity contribution is 0.0760. The van der Waals surface area contributed by atoms with Gasteiger partial charge in [0, 0.05) is 25.0 Å². The molecule has 0 aliphatic rings. The van der Waals surface area contributed by atoms with E-state index in [1.807, 2.05) is 6.07 Å². The van der Waals surface area contributed by atoms with Gasteiger partial charge in [0.2, 0.25) is 0 Å². The predicted octanol–water partition coefficient (Wildman–Crippen LogP) is 1.70. The normalized spacial score (nSPS) is 11.1. The van der Waals surface area contributed by atoms with E-state index in [9.17, 15) is 0 Å². The minimum absolute atomic E-state index is 0.350. The van der Waals surface area contributed by atoms with Crippen molar-refractivity contribution in [3.8, 4) is 0 Å². The van der Waals surface area contributed by atoms with E-state index in [4.69, 9.17) is 4.74 Å². The number of hydrogen-bond acceptors (Lipinski definition) is 3. The summed E-state index contributed by atoms with van der Waals surface area (Å²) < 4.78 is 5.45. The molecule has 86 valence electrons. The average molecular weight is 211 g/mol. The van der Waals surface area contributed by atoms with Gasteiger partial charge in [0.1, 0.15) is 0 Å². The minimum atomic E-state index is 0.350. The Balaban J connectivity index is 1.85. The highest BCUT2D eigenvalue weighted by Gasteiger charge is 1.94. The van der Waals surface area contributed by atoms with Gasteiger partial charge in [-0.05, 0) is 39.3 Å². The predicted molar refractivity (Wildman–Crippen MR) is 60.6 cm³/mol. The number of ether oxygens (including phenoxy) is 1. The van der Waals surface area contributed by atoms with Crippen LogP contribution in [0.1, 0.15) is 32.4 Å². The molecule has 0 unspecified atom stereocenters. The Kier molecular flexibility index (Phi) is 6.04. The van der Waals surface area contributed by atoms with Gasteiger partial charge in [0.15, 0.2) is 0 Å². The lowest BCUT2D eigenvalue weighted by Crippen LogP contribution is -2.15. The van der Waals surface area contributed by atoms with E-state index in [2.05, 4.69) is 29.4 Å². The maximum atomic E-state index is 5.45. The van der Waals surface area contributed by atoms with Gasteiger partial charge >= 0.3 is 0 Å². The highest BCUT2D eigenvalue weighted by Crippen LogP contribution is 1.94. The van der Waals surface area contributed by atoms with Gasteiger partial charge in [-0.25, -0.2) is 0 Å². The second-order valence-corrected chi connectivity index (χ2v) is 3.89. The summed E-state index contributed by atoms with van der Waals surface area (Å²) in [5, 5.41) is 10.2. The Hall–Kier alpha value is -0.870. The van der Waals surface area contributed by atoms with Crippen LogP contribution < -0.4 is 5.32 Å². The molecule has 1 aromatic rings. The van der Waals surface area contributed by atoms with E-state index in [1.54, 1.807) is 6.20 Å². The summed E-state index contributed by atoms with van der Waals surface area (Å²) >= 11 is 0. The first-order valence-electron chi connectivity index (χ1n) is 5.59. The molecule has 0 saturated heterocycles. The van der Waals surface area contributed by atoms with E-state index < -0.39 is 0 Å². The molecule has 15 heavy (non-hydrogen) atoms. The molecule has 1 aromatic heterocycles. The summed E-state index contributed by atoms with van der Waals surface area (Å²) in [4.78, 5) is 0. The maximum absolute atomic E-state index is 5.45. The molecule has 0 radical (unpaired) electrons. The van der Waals surface area contributed by atoms with Crippen molar-refractivity contribution < 1.29 is 4.74 Å². The van der Waals surface area contributed by atoms with Gasteiger partial charge in [0.05, 0.1) is 6.10 Å². The summed E-state index contributed by atoms with van der Waals surface area (Å²) in [6.07, 6.45) is 4.39. The second kappa shape index (κ2) is 7.43. The molecule has 0 aliphatic carbocycles. The van der Waals surface area contributed by atoms with Crippen LogP contribution in [0.4, 0.5) is 0 Å². The van der Waals surface area contributed by atoms with Crippen molar-refractivity contribution in [1.82, 2.24) is 15.5 Å². The van der Waals surface area contributed by atoms with Crippen molar-refractivity contribution in [3.63, 3.8) is 0 Å². The monoisotopic (exact) mass is 211 g/mol. The molecule has 0 amide bonds. The van der Waals surface area contributed by atoms with Crippen LogP contribution in [0.15, 0.2) is 12.3 Å². The van der Waals surface area contributed by atoms with E-state index in [0.29, 0.717) is 6.10 Å². The largest absolute Gasteiger partial charge is 0.379 e. The van der Waals surface area contributed by atoms with E-state index in [-0.39, 0.29) is 0 Å². The van der Waals surface area contributed by atoms with E-state index in [1.165, 1.54) is 0 Å².